The molecular formula is C13H19N3O2. The second-order valence-corrected chi connectivity index (χ2v) is 4.86. The van der Waals surface area contributed by atoms with Crippen LogP contribution in [0.5, 0.6) is 0 Å². The molecule has 1 aromatic heterocycles. The molecule has 1 fully saturated rings. The van der Waals surface area contributed by atoms with Crippen molar-refractivity contribution in [2.24, 2.45) is 5.73 Å². The van der Waals surface area contributed by atoms with Crippen molar-refractivity contribution in [1.82, 2.24) is 10.3 Å². The highest BCUT2D eigenvalue weighted by Gasteiger charge is 2.23. The van der Waals surface area contributed by atoms with Crippen LogP contribution in [0, 0.1) is 0 Å². The van der Waals surface area contributed by atoms with Crippen LogP contribution in [0.1, 0.15) is 42.2 Å². The van der Waals surface area contributed by atoms with Gasteiger partial charge in [-0.15, -0.1) is 0 Å². The minimum atomic E-state index is -0.234. The molecule has 0 aromatic carbocycles. The molecule has 1 amide bonds. The zero-order valence-corrected chi connectivity index (χ0v) is 10.5. The Labute approximate surface area is 106 Å². The van der Waals surface area contributed by atoms with E-state index in [-0.39, 0.29) is 23.6 Å². The van der Waals surface area contributed by atoms with Gasteiger partial charge in [-0.3, -0.25) is 9.59 Å². The molecule has 2 rings (SSSR count). The largest absolute Gasteiger partial charge is 0.349 e. The molecule has 1 heterocycles. The summed E-state index contributed by atoms with van der Waals surface area (Å²) in [5, 5.41) is 2.93. The van der Waals surface area contributed by atoms with Crippen LogP contribution >= 0.6 is 0 Å². The molecule has 0 radical (unpaired) electrons. The number of nitrogens with one attached hydrogen (secondary N) is 2. The predicted octanol–water partition coefficient (Wildman–Crippen LogP) is 0.547. The van der Waals surface area contributed by atoms with Crippen molar-refractivity contribution in [2.45, 2.75) is 44.7 Å². The van der Waals surface area contributed by atoms with Gasteiger partial charge in [0.25, 0.3) is 5.91 Å². The number of aromatic nitrogens is 1. The fourth-order valence-electron chi connectivity index (χ4n) is 2.34. The van der Waals surface area contributed by atoms with Gasteiger partial charge in [0.15, 0.2) is 0 Å². The number of aromatic amines is 1. The van der Waals surface area contributed by atoms with E-state index in [1.165, 1.54) is 6.07 Å². The van der Waals surface area contributed by atoms with Crippen molar-refractivity contribution in [3.8, 4) is 0 Å². The Balaban J connectivity index is 2.09. The van der Waals surface area contributed by atoms with Gasteiger partial charge in [0.2, 0.25) is 5.56 Å². The van der Waals surface area contributed by atoms with Crippen LogP contribution in [-0.2, 0) is 6.42 Å². The van der Waals surface area contributed by atoms with Crippen molar-refractivity contribution < 1.29 is 4.79 Å². The summed E-state index contributed by atoms with van der Waals surface area (Å²) in [6, 6.07) is 3.38. The van der Waals surface area contributed by atoms with Crippen LogP contribution in [-0.4, -0.2) is 23.0 Å². The molecule has 18 heavy (non-hydrogen) atoms. The van der Waals surface area contributed by atoms with Crippen LogP contribution in [0.4, 0.5) is 0 Å². The third-order valence-corrected chi connectivity index (χ3v) is 3.35. The molecule has 1 aliphatic carbocycles. The normalized spacial score (nSPS) is 23.0. The van der Waals surface area contributed by atoms with Crippen molar-refractivity contribution in [2.75, 3.05) is 0 Å². The molecular weight excluding hydrogens is 230 g/mol. The van der Waals surface area contributed by atoms with Gasteiger partial charge in [-0.2, -0.15) is 0 Å². The molecule has 0 saturated heterocycles. The van der Waals surface area contributed by atoms with Gasteiger partial charge in [0.05, 0.1) is 0 Å². The lowest BCUT2D eigenvalue weighted by Crippen LogP contribution is -2.34. The van der Waals surface area contributed by atoms with Crippen molar-refractivity contribution in [1.29, 1.82) is 0 Å². The first-order chi connectivity index (χ1) is 8.58. The van der Waals surface area contributed by atoms with Gasteiger partial charge in [-0.1, -0.05) is 6.92 Å². The fourth-order valence-corrected chi connectivity index (χ4v) is 2.34. The summed E-state index contributed by atoms with van der Waals surface area (Å²) >= 11 is 0. The molecule has 2 atom stereocenters. The topological polar surface area (TPSA) is 88.0 Å². The maximum atomic E-state index is 12.0. The summed E-state index contributed by atoms with van der Waals surface area (Å²) < 4.78 is 0. The minimum absolute atomic E-state index is 0.136. The van der Waals surface area contributed by atoms with E-state index in [9.17, 15) is 9.59 Å². The Morgan fingerprint density at radius 2 is 2.28 bits per heavy atom. The van der Waals surface area contributed by atoms with Crippen LogP contribution in [0.2, 0.25) is 0 Å². The monoisotopic (exact) mass is 249 g/mol. The van der Waals surface area contributed by atoms with E-state index in [1.807, 2.05) is 6.92 Å². The van der Waals surface area contributed by atoms with Crippen LogP contribution in [0.3, 0.4) is 0 Å². The summed E-state index contributed by atoms with van der Waals surface area (Å²) in [6.45, 7) is 1.93. The maximum Gasteiger partial charge on any atom is 0.251 e. The standard InChI is InChI=1S/C13H19N3O2/c1-2-10-5-8(6-12(17)15-10)13(18)16-11-4-3-9(14)7-11/h5-6,9,11H,2-4,7,14H2,1H3,(H,15,17)(H,16,18)/t9-,11+/m1/s1. The fraction of sp³-hybridized carbons (Fsp3) is 0.538. The second kappa shape index (κ2) is 5.35. The van der Waals surface area contributed by atoms with Crippen molar-refractivity contribution >= 4 is 5.91 Å². The van der Waals surface area contributed by atoms with Crippen molar-refractivity contribution in [3.63, 3.8) is 0 Å². The lowest BCUT2D eigenvalue weighted by Gasteiger charge is -2.12. The highest BCUT2D eigenvalue weighted by atomic mass is 16.2. The number of aryl methyl sites for hydroxylation is 1. The number of hydrogen-bond donors (Lipinski definition) is 3. The third kappa shape index (κ3) is 2.98. The average molecular weight is 249 g/mol. The van der Waals surface area contributed by atoms with Gasteiger partial charge < -0.3 is 16.0 Å². The minimum Gasteiger partial charge on any atom is -0.349 e. The van der Waals surface area contributed by atoms with E-state index in [4.69, 9.17) is 5.73 Å². The number of amides is 1. The van der Waals surface area contributed by atoms with E-state index in [0.717, 1.165) is 25.0 Å². The van der Waals surface area contributed by atoms with E-state index in [0.29, 0.717) is 12.0 Å². The Hall–Kier alpha value is -1.62. The Morgan fingerprint density at radius 1 is 1.50 bits per heavy atom. The van der Waals surface area contributed by atoms with E-state index < -0.39 is 0 Å². The molecule has 0 spiro atoms. The summed E-state index contributed by atoms with van der Waals surface area (Å²) in [5.74, 6) is -0.185. The Morgan fingerprint density at radius 3 is 2.89 bits per heavy atom. The van der Waals surface area contributed by atoms with E-state index in [1.54, 1.807) is 6.07 Å². The Kier molecular flexibility index (Phi) is 3.81. The van der Waals surface area contributed by atoms with E-state index in [2.05, 4.69) is 10.3 Å². The molecule has 5 nitrogen and oxygen atoms in total. The summed E-state index contributed by atoms with van der Waals surface area (Å²) in [4.78, 5) is 26.1. The zero-order valence-electron chi connectivity index (χ0n) is 10.5. The molecule has 5 heteroatoms. The lowest BCUT2D eigenvalue weighted by atomic mass is 10.1. The number of carbonyl (C=O) groups excluding carboxylic acids is 1. The molecule has 0 unspecified atom stereocenters. The first-order valence-electron chi connectivity index (χ1n) is 6.38. The second-order valence-electron chi connectivity index (χ2n) is 4.86. The van der Waals surface area contributed by atoms with Gasteiger partial charge in [0, 0.05) is 29.4 Å². The van der Waals surface area contributed by atoms with Gasteiger partial charge in [-0.05, 0) is 31.7 Å². The molecule has 1 saturated carbocycles. The Bertz CT molecular complexity index is 495. The van der Waals surface area contributed by atoms with Gasteiger partial charge in [0.1, 0.15) is 0 Å². The number of pyridine rings is 1. The van der Waals surface area contributed by atoms with Crippen LogP contribution < -0.4 is 16.6 Å². The number of nitrogens with two attached hydrogens (primary N) is 1. The van der Waals surface area contributed by atoms with Crippen LogP contribution in [0.25, 0.3) is 0 Å². The molecule has 1 aromatic rings. The number of hydrogen-bond acceptors (Lipinski definition) is 3. The molecule has 4 N–H and O–H groups in total. The molecule has 0 aliphatic heterocycles. The number of H-pyrrole nitrogens is 1. The predicted molar refractivity (Wildman–Crippen MR) is 69.5 cm³/mol. The number of carbonyl (C=O) groups is 1. The lowest BCUT2D eigenvalue weighted by molar-refractivity contribution is 0.0937. The highest BCUT2D eigenvalue weighted by molar-refractivity contribution is 5.94. The maximum absolute atomic E-state index is 12.0. The van der Waals surface area contributed by atoms with Gasteiger partial charge in [-0.25, -0.2) is 0 Å². The zero-order chi connectivity index (χ0) is 13.1. The van der Waals surface area contributed by atoms with Gasteiger partial charge >= 0.3 is 0 Å². The first-order valence-corrected chi connectivity index (χ1v) is 6.38. The van der Waals surface area contributed by atoms with Crippen molar-refractivity contribution in [3.05, 3.63) is 33.7 Å². The summed E-state index contributed by atoms with van der Waals surface area (Å²) in [6.07, 6.45) is 3.37. The molecule has 1 aliphatic rings. The summed E-state index contributed by atoms with van der Waals surface area (Å²) in [7, 11) is 0. The first kappa shape index (κ1) is 12.8. The molecule has 0 bridgehead atoms. The SMILES string of the molecule is CCc1cc(C(=O)N[C@H]2CC[C@@H](N)C2)cc(=O)[nH]1. The van der Waals surface area contributed by atoms with E-state index >= 15 is 0 Å². The smallest absolute Gasteiger partial charge is 0.251 e. The number of rotatable bonds is 3. The molecule has 98 valence electrons. The third-order valence-electron chi connectivity index (χ3n) is 3.35. The highest BCUT2D eigenvalue weighted by Crippen LogP contribution is 2.17. The summed E-state index contributed by atoms with van der Waals surface area (Å²) in [5.41, 5.74) is 6.77. The van der Waals surface area contributed by atoms with Crippen LogP contribution in [0.15, 0.2) is 16.9 Å². The average Bonchev–Trinajstić information content (AvgIpc) is 2.73. The quantitative estimate of drug-likeness (QED) is 0.731.